The molecular weight excluding hydrogens is 276 g/mol. The third-order valence-corrected chi connectivity index (χ3v) is 4.63. The SMILES string of the molecule is COC(=O)c1c(NC(=O)CCCCN)sc2c1CCC2. The zero-order valence-corrected chi connectivity index (χ0v) is 12.5. The molecule has 0 radical (unpaired) electrons. The number of aryl methyl sites for hydroxylation is 1. The lowest BCUT2D eigenvalue weighted by atomic mass is 10.1. The fraction of sp³-hybridized carbons (Fsp3) is 0.571. The summed E-state index contributed by atoms with van der Waals surface area (Å²) in [5.74, 6) is -0.426. The van der Waals surface area contributed by atoms with Crippen molar-refractivity contribution < 1.29 is 14.3 Å². The minimum Gasteiger partial charge on any atom is -0.465 e. The van der Waals surface area contributed by atoms with Gasteiger partial charge in [-0.2, -0.15) is 0 Å². The second-order valence-electron chi connectivity index (χ2n) is 4.85. The van der Waals surface area contributed by atoms with Gasteiger partial charge in [0.1, 0.15) is 5.00 Å². The van der Waals surface area contributed by atoms with Crippen LogP contribution in [0.1, 0.15) is 46.5 Å². The average Bonchev–Trinajstić information content (AvgIpc) is 2.98. The van der Waals surface area contributed by atoms with Crippen LogP contribution in [-0.4, -0.2) is 25.5 Å². The number of carbonyl (C=O) groups is 2. The van der Waals surface area contributed by atoms with Gasteiger partial charge in [-0.3, -0.25) is 4.79 Å². The van der Waals surface area contributed by atoms with Crippen molar-refractivity contribution in [3.8, 4) is 0 Å². The topological polar surface area (TPSA) is 81.4 Å². The van der Waals surface area contributed by atoms with Gasteiger partial charge in [0.15, 0.2) is 0 Å². The predicted molar refractivity (Wildman–Crippen MR) is 79.2 cm³/mol. The van der Waals surface area contributed by atoms with Gasteiger partial charge in [-0.05, 0) is 44.2 Å². The second kappa shape index (κ2) is 6.85. The lowest BCUT2D eigenvalue weighted by molar-refractivity contribution is -0.116. The summed E-state index contributed by atoms with van der Waals surface area (Å²) in [6.07, 6.45) is 4.96. The smallest absolute Gasteiger partial charge is 0.341 e. The molecule has 1 amide bonds. The quantitative estimate of drug-likeness (QED) is 0.622. The van der Waals surface area contributed by atoms with Gasteiger partial charge in [0, 0.05) is 11.3 Å². The lowest BCUT2D eigenvalue weighted by Crippen LogP contribution is -2.14. The Morgan fingerprint density at radius 1 is 1.35 bits per heavy atom. The van der Waals surface area contributed by atoms with Crippen LogP contribution in [-0.2, 0) is 22.4 Å². The van der Waals surface area contributed by atoms with E-state index in [4.69, 9.17) is 10.5 Å². The monoisotopic (exact) mass is 296 g/mol. The Bertz CT molecular complexity index is 511. The number of amides is 1. The molecule has 1 aliphatic carbocycles. The molecule has 1 aromatic rings. The second-order valence-corrected chi connectivity index (χ2v) is 5.95. The normalized spacial score (nSPS) is 13.1. The molecule has 0 aliphatic heterocycles. The number of hydrogen-bond donors (Lipinski definition) is 2. The third kappa shape index (κ3) is 3.19. The van der Waals surface area contributed by atoms with Crippen LogP contribution in [0.3, 0.4) is 0 Å². The number of methoxy groups -OCH3 is 1. The van der Waals surface area contributed by atoms with E-state index in [-0.39, 0.29) is 11.9 Å². The Hall–Kier alpha value is -1.40. The van der Waals surface area contributed by atoms with Crippen molar-refractivity contribution in [2.24, 2.45) is 5.73 Å². The fourth-order valence-corrected chi connectivity index (χ4v) is 3.72. The Morgan fingerprint density at radius 3 is 2.85 bits per heavy atom. The molecule has 0 atom stereocenters. The molecule has 20 heavy (non-hydrogen) atoms. The number of ether oxygens (including phenoxy) is 1. The number of nitrogens with one attached hydrogen (secondary N) is 1. The number of nitrogens with two attached hydrogens (primary N) is 1. The van der Waals surface area contributed by atoms with Gasteiger partial charge in [0.05, 0.1) is 12.7 Å². The van der Waals surface area contributed by atoms with Gasteiger partial charge in [-0.25, -0.2) is 4.79 Å². The first-order valence-corrected chi connectivity index (χ1v) is 7.71. The zero-order valence-electron chi connectivity index (χ0n) is 11.7. The van der Waals surface area contributed by atoms with E-state index in [1.54, 1.807) is 0 Å². The number of rotatable bonds is 6. The highest BCUT2D eigenvalue weighted by atomic mass is 32.1. The summed E-state index contributed by atoms with van der Waals surface area (Å²) in [4.78, 5) is 25.0. The van der Waals surface area contributed by atoms with Gasteiger partial charge in [-0.15, -0.1) is 11.3 Å². The Labute approximate surface area is 122 Å². The number of unbranched alkanes of at least 4 members (excludes halogenated alkanes) is 1. The van der Waals surface area contributed by atoms with E-state index in [0.29, 0.717) is 23.5 Å². The maximum atomic E-state index is 11.9. The van der Waals surface area contributed by atoms with E-state index in [1.807, 2.05) is 0 Å². The number of anilines is 1. The minimum absolute atomic E-state index is 0.0662. The van der Waals surface area contributed by atoms with Gasteiger partial charge in [-0.1, -0.05) is 0 Å². The minimum atomic E-state index is -0.360. The maximum Gasteiger partial charge on any atom is 0.341 e. The molecule has 6 heteroatoms. The van der Waals surface area contributed by atoms with Crippen LogP contribution in [0.25, 0.3) is 0 Å². The molecule has 0 saturated heterocycles. The highest BCUT2D eigenvalue weighted by Crippen LogP contribution is 2.39. The number of hydrogen-bond acceptors (Lipinski definition) is 5. The van der Waals surface area contributed by atoms with Crippen LogP contribution in [0.5, 0.6) is 0 Å². The lowest BCUT2D eigenvalue weighted by Gasteiger charge is -2.06. The molecule has 0 fully saturated rings. The van der Waals surface area contributed by atoms with Crippen LogP contribution < -0.4 is 11.1 Å². The molecule has 0 aromatic carbocycles. The van der Waals surface area contributed by atoms with E-state index in [1.165, 1.54) is 23.3 Å². The van der Waals surface area contributed by atoms with Crippen LogP contribution in [0.15, 0.2) is 0 Å². The van der Waals surface area contributed by atoms with Gasteiger partial charge in [0.25, 0.3) is 0 Å². The van der Waals surface area contributed by atoms with Crippen molar-refractivity contribution in [3.63, 3.8) is 0 Å². The summed E-state index contributed by atoms with van der Waals surface area (Å²) in [6, 6.07) is 0. The summed E-state index contributed by atoms with van der Waals surface area (Å²) < 4.78 is 4.84. The highest BCUT2D eigenvalue weighted by molar-refractivity contribution is 7.17. The molecule has 1 heterocycles. The van der Waals surface area contributed by atoms with Gasteiger partial charge in [0.2, 0.25) is 5.91 Å². The van der Waals surface area contributed by atoms with Crippen molar-refractivity contribution >= 4 is 28.2 Å². The molecule has 1 aromatic heterocycles. The Morgan fingerprint density at radius 2 is 2.15 bits per heavy atom. The number of esters is 1. The molecule has 1 aliphatic rings. The summed E-state index contributed by atoms with van der Waals surface area (Å²) in [5, 5.41) is 3.49. The van der Waals surface area contributed by atoms with E-state index in [2.05, 4.69) is 5.32 Å². The summed E-state index contributed by atoms with van der Waals surface area (Å²) in [5.41, 5.74) is 7.01. The van der Waals surface area contributed by atoms with E-state index < -0.39 is 0 Å². The molecule has 3 N–H and O–H groups in total. The molecule has 0 unspecified atom stereocenters. The molecular formula is C14H20N2O3S. The van der Waals surface area contributed by atoms with Crippen LogP contribution in [0, 0.1) is 0 Å². The number of carbonyl (C=O) groups excluding carboxylic acids is 2. The highest BCUT2D eigenvalue weighted by Gasteiger charge is 2.27. The summed E-state index contributed by atoms with van der Waals surface area (Å²) >= 11 is 1.50. The van der Waals surface area contributed by atoms with E-state index in [0.717, 1.165) is 37.7 Å². The van der Waals surface area contributed by atoms with Gasteiger partial charge >= 0.3 is 5.97 Å². The first kappa shape index (κ1) is 15.0. The molecule has 0 saturated carbocycles. The van der Waals surface area contributed by atoms with E-state index >= 15 is 0 Å². The summed E-state index contributed by atoms with van der Waals surface area (Å²) in [7, 11) is 1.37. The molecule has 5 nitrogen and oxygen atoms in total. The zero-order chi connectivity index (χ0) is 14.5. The van der Waals surface area contributed by atoms with Crippen molar-refractivity contribution in [2.45, 2.75) is 38.5 Å². The third-order valence-electron chi connectivity index (χ3n) is 3.42. The fourth-order valence-electron chi connectivity index (χ4n) is 2.43. The van der Waals surface area contributed by atoms with E-state index in [9.17, 15) is 9.59 Å². The molecule has 110 valence electrons. The van der Waals surface area contributed by atoms with Gasteiger partial charge < -0.3 is 15.8 Å². The Balaban J connectivity index is 2.11. The average molecular weight is 296 g/mol. The van der Waals surface area contributed by atoms with Crippen molar-refractivity contribution in [3.05, 3.63) is 16.0 Å². The number of thiophene rings is 1. The van der Waals surface area contributed by atoms with Crippen molar-refractivity contribution in [1.82, 2.24) is 0 Å². The van der Waals surface area contributed by atoms with Crippen LogP contribution in [0.4, 0.5) is 5.00 Å². The van der Waals surface area contributed by atoms with Crippen molar-refractivity contribution in [2.75, 3.05) is 19.0 Å². The Kier molecular flexibility index (Phi) is 5.14. The van der Waals surface area contributed by atoms with Crippen LogP contribution >= 0.6 is 11.3 Å². The largest absolute Gasteiger partial charge is 0.465 e. The molecule has 2 rings (SSSR count). The first-order chi connectivity index (χ1) is 9.67. The molecule has 0 spiro atoms. The van der Waals surface area contributed by atoms with Crippen LogP contribution in [0.2, 0.25) is 0 Å². The van der Waals surface area contributed by atoms with Crippen molar-refractivity contribution in [1.29, 1.82) is 0 Å². The first-order valence-electron chi connectivity index (χ1n) is 6.90. The standard InChI is InChI=1S/C14H20N2O3S/c1-19-14(18)12-9-5-4-6-10(9)20-13(12)16-11(17)7-2-3-8-15/h2-8,15H2,1H3,(H,16,17). The molecule has 0 bridgehead atoms. The maximum absolute atomic E-state index is 11.9. The number of fused-ring (bicyclic) bond motifs is 1. The summed E-state index contributed by atoms with van der Waals surface area (Å²) in [6.45, 7) is 0.591. The predicted octanol–water partition coefficient (Wildman–Crippen LogP) is 2.09.